The van der Waals surface area contributed by atoms with Crippen LogP contribution in [0.4, 0.5) is 0 Å². The van der Waals surface area contributed by atoms with Crippen molar-refractivity contribution in [1.29, 1.82) is 0 Å². The van der Waals surface area contributed by atoms with Gasteiger partial charge in [-0.3, -0.25) is 4.79 Å². The number of aryl methyl sites for hydroxylation is 1. The summed E-state index contributed by atoms with van der Waals surface area (Å²) in [4.78, 5) is 17.6. The molecule has 2 aromatic rings. The third kappa shape index (κ3) is 4.13. The van der Waals surface area contributed by atoms with Crippen molar-refractivity contribution in [3.8, 4) is 10.4 Å². The summed E-state index contributed by atoms with van der Waals surface area (Å²) < 4.78 is 0. The Labute approximate surface area is 151 Å². The van der Waals surface area contributed by atoms with E-state index < -0.39 is 6.10 Å². The summed E-state index contributed by atoms with van der Waals surface area (Å²) in [5, 5.41) is 15.5. The number of hydrogen-bond donors (Lipinski definition) is 3. The predicted molar refractivity (Wildman–Crippen MR) is 98.5 cm³/mol. The minimum atomic E-state index is -0.428. The zero-order valence-electron chi connectivity index (χ0n) is 13.7. The molecule has 3 rings (SSSR count). The number of carbonyl (C=O) groups excluding carboxylic acids is 1. The van der Waals surface area contributed by atoms with E-state index in [0.29, 0.717) is 13.0 Å². The molecule has 1 aromatic heterocycles. The Kier molecular flexibility index (Phi) is 6.34. The standard InChI is InChI=1S/C17H21N3O2S.ClH/c1-10(20-17(22)15-7-14(21)8-18-15)12-3-5-13(6-4-12)16-11(2)19-9-23-16;/h3-6,9-10,14-15,18,21H,7-8H2,1-2H3,(H,20,22);1H. The van der Waals surface area contributed by atoms with Crippen molar-refractivity contribution in [3.63, 3.8) is 0 Å². The Morgan fingerprint density at radius 2 is 2.12 bits per heavy atom. The second-order valence-corrected chi connectivity index (χ2v) is 6.82. The van der Waals surface area contributed by atoms with Gasteiger partial charge in [0, 0.05) is 6.54 Å². The van der Waals surface area contributed by atoms with E-state index in [0.717, 1.165) is 16.8 Å². The van der Waals surface area contributed by atoms with E-state index in [1.165, 1.54) is 4.88 Å². The SMILES string of the molecule is Cc1ncsc1-c1ccc(C(C)NC(=O)C2CC(O)CN2)cc1.Cl. The summed E-state index contributed by atoms with van der Waals surface area (Å²) in [6, 6.07) is 7.84. The number of aliphatic hydroxyl groups is 1. The van der Waals surface area contributed by atoms with E-state index in [9.17, 15) is 9.90 Å². The number of rotatable bonds is 4. The smallest absolute Gasteiger partial charge is 0.237 e. The summed E-state index contributed by atoms with van der Waals surface area (Å²) in [6.07, 6.45) is 0.0466. The molecular weight excluding hydrogens is 346 g/mol. The van der Waals surface area contributed by atoms with Crippen LogP contribution in [-0.4, -0.2) is 34.7 Å². The van der Waals surface area contributed by atoms with Crippen LogP contribution in [0.3, 0.4) is 0 Å². The minimum absolute atomic E-state index is 0. The molecule has 5 nitrogen and oxygen atoms in total. The zero-order chi connectivity index (χ0) is 16.4. The van der Waals surface area contributed by atoms with Crippen LogP contribution in [0.2, 0.25) is 0 Å². The maximum atomic E-state index is 12.2. The van der Waals surface area contributed by atoms with E-state index in [-0.39, 0.29) is 30.4 Å². The van der Waals surface area contributed by atoms with E-state index >= 15 is 0 Å². The van der Waals surface area contributed by atoms with Crippen molar-refractivity contribution < 1.29 is 9.90 Å². The van der Waals surface area contributed by atoms with Crippen LogP contribution < -0.4 is 10.6 Å². The molecule has 2 heterocycles. The number of amides is 1. The number of carbonyl (C=O) groups is 1. The molecule has 0 radical (unpaired) electrons. The van der Waals surface area contributed by atoms with Crippen LogP contribution in [0, 0.1) is 6.92 Å². The Balaban J connectivity index is 0.00000208. The summed E-state index contributed by atoms with van der Waals surface area (Å²) in [5.74, 6) is -0.0589. The summed E-state index contributed by atoms with van der Waals surface area (Å²) in [5.41, 5.74) is 5.09. The maximum absolute atomic E-state index is 12.2. The molecule has 130 valence electrons. The molecule has 3 N–H and O–H groups in total. The molecule has 1 aliphatic rings. The molecule has 1 saturated heterocycles. The third-order valence-corrected chi connectivity index (χ3v) is 5.18. The van der Waals surface area contributed by atoms with Crippen LogP contribution >= 0.6 is 23.7 Å². The molecule has 1 aliphatic heterocycles. The molecule has 0 spiro atoms. The van der Waals surface area contributed by atoms with Gasteiger partial charge in [-0.15, -0.1) is 23.7 Å². The predicted octanol–water partition coefficient (Wildman–Crippen LogP) is 2.44. The first-order valence-corrected chi connectivity index (χ1v) is 8.65. The second-order valence-electron chi connectivity index (χ2n) is 5.97. The van der Waals surface area contributed by atoms with Gasteiger partial charge in [0.15, 0.2) is 0 Å². The van der Waals surface area contributed by atoms with Gasteiger partial charge < -0.3 is 15.7 Å². The highest BCUT2D eigenvalue weighted by atomic mass is 35.5. The molecule has 0 aliphatic carbocycles. The quantitative estimate of drug-likeness (QED) is 0.776. The van der Waals surface area contributed by atoms with Gasteiger partial charge in [0.05, 0.1) is 34.3 Å². The average Bonchev–Trinajstić information content (AvgIpc) is 3.16. The van der Waals surface area contributed by atoms with Crippen molar-refractivity contribution in [3.05, 3.63) is 41.0 Å². The third-order valence-electron chi connectivity index (χ3n) is 4.20. The van der Waals surface area contributed by atoms with Gasteiger partial charge in [0.25, 0.3) is 0 Å². The summed E-state index contributed by atoms with van der Waals surface area (Å²) >= 11 is 1.63. The van der Waals surface area contributed by atoms with Crippen LogP contribution in [-0.2, 0) is 4.79 Å². The van der Waals surface area contributed by atoms with E-state index in [1.807, 2.05) is 31.5 Å². The highest BCUT2D eigenvalue weighted by Crippen LogP contribution is 2.28. The number of halogens is 1. The Morgan fingerprint density at radius 3 is 2.67 bits per heavy atom. The van der Waals surface area contributed by atoms with Crippen molar-refractivity contribution >= 4 is 29.7 Å². The highest BCUT2D eigenvalue weighted by molar-refractivity contribution is 7.13. The normalized spacial score (nSPS) is 21.1. The largest absolute Gasteiger partial charge is 0.392 e. The van der Waals surface area contributed by atoms with Crippen LogP contribution in [0.15, 0.2) is 29.8 Å². The van der Waals surface area contributed by atoms with Crippen molar-refractivity contribution in [1.82, 2.24) is 15.6 Å². The molecule has 1 fully saturated rings. The fourth-order valence-electron chi connectivity index (χ4n) is 2.82. The van der Waals surface area contributed by atoms with Gasteiger partial charge in [-0.05, 0) is 31.4 Å². The van der Waals surface area contributed by atoms with E-state index in [1.54, 1.807) is 11.3 Å². The zero-order valence-corrected chi connectivity index (χ0v) is 15.3. The lowest BCUT2D eigenvalue weighted by Crippen LogP contribution is -2.41. The first kappa shape index (κ1) is 18.9. The van der Waals surface area contributed by atoms with Crippen molar-refractivity contribution in [2.45, 2.75) is 38.5 Å². The van der Waals surface area contributed by atoms with Crippen LogP contribution in [0.5, 0.6) is 0 Å². The molecule has 7 heteroatoms. The van der Waals surface area contributed by atoms with Gasteiger partial charge in [-0.25, -0.2) is 4.98 Å². The molecule has 1 aromatic carbocycles. The number of hydrogen-bond acceptors (Lipinski definition) is 5. The molecule has 3 unspecified atom stereocenters. The van der Waals surface area contributed by atoms with Crippen LogP contribution in [0.25, 0.3) is 10.4 Å². The average molecular weight is 368 g/mol. The lowest BCUT2D eigenvalue weighted by molar-refractivity contribution is -0.123. The van der Waals surface area contributed by atoms with Crippen molar-refractivity contribution in [2.75, 3.05) is 6.54 Å². The van der Waals surface area contributed by atoms with Gasteiger partial charge >= 0.3 is 0 Å². The minimum Gasteiger partial charge on any atom is -0.392 e. The summed E-state index contributed by atoms with van der Waals surface area (Å²) in [7, 11) is 0. The van der Waals surface area contributed by atoms with Gasteiger partial charge in [0.2, 0.25) is 5.91 Å². The Hall–Kier alpha value is -1.47. The number of nitrogens with one attached hydrogen (secondary N) is 2. The number of β-amino-alcohol motifs (C(OH)–C–C–N with tert-alkyl or cyclic N) is 1. The topological polar surface area (TPSA) is 74.2 Å². The fraction of sp³-hybridized carbons (Fsp3) is 0.412. The fourth-order valence-corrected chi connectivity index (χ4v) is 3.63. The molecular formula is C17H22ClN3O2S. The number of thiazole rings is 1. The first-order valence-electron chi connectivity index (χ1n) is 7.77. The van der Waals surface area contributed by atoms with Gasteiger partial charge in [-0.2, -0.15) is 0 Å². The van der Waals surface area contributed by atoms with Crippen molar-refractivity contribution in [2.24, 2.45) is 0 Å². The number of aromatic nitrogens is 1. The Bertz CT molecular complexity index is 689. The monoisotopic (exact) mass is 367 g/mol. The Morgan fingerprint density at radius 1 is 1.42 bits per heavy atom. The summed E-state index contributed by atoms with van der Waals surface area (Å²) in [6.45, 7) is 4.46. The molecule has 0 saturated carbocycles. The van der Waals surface area contributed by atoms with Gasteiger partial charge in [0.1, 0.15) is 0 Å². The first-order chi connectivity index (χ1) is 11.0. The number of nitrogens with zero attached hydrogens (tertiary/aromatic N) is 1. The van der Waals surface area contributed by atoms with E-state index in [4.69, 9.17) is 0 Å². The second kappa shape index (κ2) is 8.07. The number of benzene rings is 1. The molecule has 0 bridgehead atoms. The van der Waals surface area contributed by atoms with Crippen LogP contribution in [0.1, 0.15) is 30.6 Å². The van der Waals surface area contributed by atoms with E-state index in [2.05, 4.69) is 27.8 Å². The molecule has 3 atom stereocenters. The highest BCUT2D eigenvalue weighted by Gasteiger charge is 2.28. The maximum Gasteiger partial charge on any atom is 0.237 e. The lowest BCUT2D eigenvalue weighted by Gasteiger charge is -2.18. The van der Waals surface area contributed by atoms with Gasteiger partial charge in [-0.1, -0.05) is 24.3 Å². The molecule has 1 amide bonds. The number of aliphatic hydroxyl groups excluding tert-OH is 1. The molecule has 24 heavy (non-hydrogen) atoms. The lowest BCUT2D eigenvalue weighted by atomic mass is 10.0.